The summed E-state index contributed by atoms with van der Waals surface area (Å²) in [6, 6.07) is 5.39. The van der Waals surface area contributed by atoms with Gasteiger partial charge in [0, 0.05) is 39.3 Å². The highest BCUT2D eigenvalue weighted by Crippen LogP contribution is 2.32. The number of halogens is 3. The summed E-state index contributed by atoms with van der Waals surface area (Å²) in [5, 5.41) is 3.31. The van der Waals surface area contributed by atoms with Crippen molar-refractivity contribution in [3.63, 3.8) is 0 Å². The van der Waals surface area contributed by atoms with E-state index in [2.05, 4.69) is 15.1 Å². The Morgan fingerprint density at radius 2 is 2.00 bits per heavy atom. The van der Waals surface area contributed by atoms with E-state index >= 15 is 0 Å². The number of alkyl halides is 3. The number of hydrogen-bond acceptors (Lipinski definition) is 4. The summed E-state index contributed by atoms with van der Waals surface area (Å²) in [5.41, 5.74) is -0.109. The van der Waals surface area contributed by atoms with E-state index in [1.165, 1.54) is 12.1 Å². The van der Waals surface area contributed by atoms with E-state index in [4.69, 9.17) is 14.5 Å². The van der Waals surface area contributed by atoms with Crippen LogP contribution in [0.25, 0.3) is 0 Å². The van der Waals surface area contributed by atoms with Crippen LogP contribution in [0.15, 0.2) is 29.3 Å². The minimum Gasteiger partial charge on any atom is -0.379 e. The molecule has 1 aromatic carbocycles. The zero-order valence-corrected chi connectivity index (χ0v) is 17.5. The normalized spacial score (nSPS) is 21.7. The summed E-state index contributed by atoms with van der Waals surface area (Å²) in [7, 11) is 0. The van der Waals surface area contributed by atoms with Crippen molar-refractivity contribution in [3.05, 3.63) is 35.4 Å². The van der Waals surface area contributed by atoms with Crippen molar-refractivity contribution >= 4 is 5.96 Å². The van der Waals surface area contributed by atoms with Crippen molar-refractivity contribution in [2.24, 2.45) is 4.99 Å². The van der Waals surface area contributed by atoms with E-state index in [9.17, 15) is 13.2 Å². The fourth-order valence-corrected chi connectivity index (χ4v) is 3.69. The summed E-state index contributed by atoms with van der Waals surface area (Å²) in [6.45, 7) is 9.50. The molecule has 6 nitrogen and oxygen atoms in total. The number of hydrogen-bond donors (Lipinski definition) is 1. The van der Waals surface area contributed by atoms with Crippen molar-refractivity contribution in [3.8, 4) is 0 Å². The van der Waals surface area contributed by atoms with Crippen LogP contribution in [0.2, 0.25) is 0 Å². The molecule has 2 saturated heterocycles. The summed E-state index contributed by atoms with van der Waals surface area (Å²) >= 11 is 0. The zero-order chi connectivity index (χ0) is 21.4. The lowest BCUT2D eigenvalue weighted by Gasteiger charge is -2.35. The Morgan fingerprint density at radius 1 is 1.20 bits per heavy atom. The molecule has 1 aromatic rings. The first-order valence-electron chi connectivity index (χ1n) is 10.6. The number of nitrogens with zero attached hydrogens (tertiary/aromatic N) is 3. The van der Waals surface area contributed by atoms with Gasteiger partial charge in [0.25, 0.3) is 0 Å². The van der Waals surface area contributed by atoms with Crippen LogP contribution in [0.5, 0.6) is 0 Å². The maximum atomic E-state index is 13.1. The molecule has 2 heterocycles. The average Bonchev–Trinajstić information content (AvgIpc) is 2.76. The van der Waals surface area contributed by atoms with E-state index in [0.29, 0.717) is 31.8 Å². The van der Waals surface area contributed by atoms with Crippen LogP contribution < -0.4 is 5.32 Å². The third-order valence-electron chi connectivity index (χ3n) is 5.28. The Kier molecular flexibility index (Phi) is 8.35. The van der Waals surface area contributed by atoms with Crippen LogP contribution in [-0.2, 0) is 15.7 Å². The number of benzene rings is 1. The van der Waals surface area contributed by atoms with E-state index in [1.807, 2.05) is 6.92 Å². The second-order valence-electron chi connectivity index (χ2n) is 7.47. The predicted octanol–water partition coefficient (Wildman–Crippen LogP) is 2.77. The predicted molar refractivity (Wildman–Crippen MR) is 110 cm³/mol. The maximum absolute atomic E-state index is 13.1. The summed E-state index contributed by atoms with van der Waals surface area (Å²) < 4.78 is 50.3. The van der Waals surface area contributed by atoms with E-state index in [0.717, 1.165) is 57.8 Å². The molecule has 0 aliphatic carbocycles. The van der Waals surface area contributed by atoms with Gasteiger partial charge in [0.2, 0.25) is 0 Å². The topological polar surface area (TPSA) is 49.3 Å². The average molecular weight is 428 g/mol. The van der Waals surface area contributed by atoms with E-state index in [-0.39, 0.29) is 0 Å². The zero-order valence-electron chi connectivity index (χ0n) is 17.5. The molecule has 0 radical (unpaired) electrons. The molecular weight excluding hydrogens is 397 g/mol. The molecule has 30 heavy (non-hydrogen) atoms. The second kappa shape index (κ2) is 11.0. The van der Waals surface area contributed by atoms with Gasteiger partial charge >= 0.3 is 6.18 Å². The molecule has 9 heteroatoms. The second-order valence-corrected chi connectivity index (χ2v) is 7.47. The molecule has 0 bridgehead atoms. The molecule has 0 spiro atoms. The minimum atomic E-state index is -4.36. The van der Waals surface area contributed by atoms with Gasteiger partial charge in [-0.15, -0.1) is 0 Å². The number of aliphatic imine (C=N–C) groups is 1. The van der Waals surface area contributed by atoms with Crippen LogP contribution in [0.4, 0.5) is 13.2 Å². The lowest BCUT2D eigenvalue weighted by Crippen LogP contribution is -2.48. The minimum absolute atomic E-state index is 0.418. The molecule has 0 aromatic heterocycles. The van der Waals surface area contributed by atoms with Crippen molar-refractivity contribution < 1.29 is 22.6 Å². The highest BCUT2D eigenvalue weighted by Gasteiger charge is 2.32. The van der Waals surface area contributed by atoms with Gasteiger partial charge in [-0.25, -0.2) is 0 Å². The largest absolute Gasteiger partial charge is 0.416 e. The highest BCUT2D eigenvalue weighted by molar-refractivity contribution is 5.80. The number of ether oxygens (including phenoxy) is 2. The van der Waals surface area contributed by atoms with Crippen LogP contribution >= 0.6 is 0 Å². The van der Waals surface area contributed by atoms with Crippen molar-refractivity contribution in [1.82, 2.24) is 15.1 Å². The van der Waals surface area contributed by atoms with Gasteiger partial charge < -0.3 is 19.7 Å². The smallest absolute Gasteiger partial charge is 0.379 e. The molecule has 0 saturated carbocycles. The third kappa shape index (κ3) is 6.58. The fourth-order valence-electron chi connectivity index (χ4n) is 3.69. The Labute approximate surface area is 176 Å². The quantitative estimate of drug-likeness (QED) is 0.429. The van der Waals surface area contributed by atoms with Gasteiger partial charge in [0.05, 0.1) is 31.9 Å². The first-order valence-corrected chi connectivity index (χ1v) is 10.6. The Balaban J connectivity index is 1.59. The van der Waals surface area contributed by atoms with Crippen LogP contribution in [-0.4, -0.2) is 81.4 Å². The van der Waals surface area contributed by atoms with Gasteiger partial charge in [-0.05, 0) is 31.0 Å². The number of guanidine groups is 1. The van der Waals surface area contributed by atoms with Gasteiger partial charge in [0.1, 0.15) is 6.10 Å². The van der Waals surface area contributed by atoms with Gasteiger partial charge in [0.15, 0.2) is 5.96 Å². The monoisotopic (exact) mass is 428 g/mol. The molecular formula is C21H31F3N4O2. The van der Waals surface area contributed by atoms with Crippen LogP contribution in [0, 0.1) is 0 Å². The Hall–Kier alpha value is -1.84. The molecule has 2 fully saturated rings. The highest BCUT2D eigenvalue weighted by atomic mass is 19.4. The standard InChI is InChI=1S/C21H31F3N4O2/c1-2-25-20(26-7-4-8-27-9-12-29-13-10-27)28-11-14-30-19(16-28)17-5-3-6-18(15-17)21(22,23)24/h3,5-6,15,19H,2,4,7-14,16H2,1H3,(H,25,26). The lowest BCUT2D eigenvalue weighted by molar-refractivity contribution is -0.137. The fraction of sp³-hybridized carbons (Fsp3) is 0.667. The van der Waals surface area contributed by atoms with E-state index in [1.54, 1.807) is 6.07 Å². The molecule has 1 unspecified atom stereocenters. The molecule has 1 atom stereocenters. The van der Waals surface area contributed by atoms with Gasteiger partial charge in [-0.1, -0.05) is 12.1 Å². The van der Waals surface area contributed by atoms with Crippen molar-refractivity contribution in [1.29, 1.82) is 0 Å². The molecule has 2 aliphatic rings. The van der Waals surface area contributed by atoms with Crippen LogP contribution in [0.3, 0.4) is 0 Å². The van der Waals surface area contributed by atoms with Crippen LogP contribution in [0.1, 0.15) is 30.6 Å². The third-order valence-corrected chi connectivity index (χ3v) is 5.28. The first-order chi connectivity index (χ1) is 14.5. The van der Waals surface area contributed by atoms with Crippen molar-refractivity contribution in [2.75, 3.05) is 65.6 Å². The maximum Gasteiger partial charge on any atom is 0.416 e. The molecule has 0 amide bonds. The van der Waals surface area contributed by atoms with E-state index < -0.39 is 17.8 Å². The van der Waals surface area contributed by atoms with Gasteiger partial charge in [-0.3, -0.25) is 9.89 Å². The first kappa shape index (κ1) is 22.8. The lowest BCUT2D eigenvalue weighted by atomic mass is 10.0. The molecule has 1 N–H and O–H groups in total. The van der Waals surface area contributed by atoms with Crippen molar-refractivity contribution in [2.45, 2.75) is 25.6 Å². The molecule has 168 valence electrons. The summed E-state index contributed by atoms with van der Waals surface area (Å²) in [6.07, 6.45) is -3.82. The Morgan fingerprint density at radius 3 is 2.73 bits per heavy atom. The number of morpholine rings is 2. The SMILES string of the molecule is CCNC(=NCCCN1CCOCC1)N1CCOC(c2cccc(C(F)(F)F)c2)C1. The summed E-state index contributed by atoms with van der Waals surface area (Å²) in [4.78, 5) is 9.20. The summed E-state index contributed by atoms with van der Waals surface area (Å²) in [5.74, 6) is 0.791. The van der Waals surface area contributed by atoms with Gasteiger partial charge in [-0.2, -0.15) is 13.2 Å². The molecule has 2 aliphatic heterocycles. The Bertz CT molecular complexity index is 693. The number of rotatable bonds is 6. The molecule has 3 rings (SSSR count). The number of nitrogens with one attached hydrogen (secondary N) is 1.